The molecule has 3 aliphatic rings. The second-order valence-corrected chi connectivity index (χ2v) is 19.1. The molecule has 2 nitrogen and oxygen atoms in total. The molecule has 0 radical (unpaired) electrons. The first-order valence-corrected chi connectivity index (χ1v) is 18.8. The Balaban J connectivity index is 1.36. The largest absolute Gasteiger partial charge is 0.238 e. The zero-order valence-corrected chi connectivity index (χ0v) is 27.5. The van der Waals surface area contributed by atoms with Gasteiger partial charge in [-0.15, -0.1) is 0 Å². The minimum Gasteiger partial charge on any atom is -0.238 e. The van der Waals surface area contributed by atoms with E-state index >= 15 is 0 Å². The second-order valence-electron chi connectivity index (χ2n) is 14.7. The first kappa shape index (κ1) is 26.4. The normalized spacial score (nSPS) is 16.7. The number of fused-ring (bicyclic) bond motifs is 13. The lowest BCUT2D eigenvalue weighted by Gasteiger charge is -2.26. The minimum atomic E-state index is -2.04. The molecule has 0 saturated carbocycles. The Hall–Kier alpha value is -4.96. The Bertz CT molecular complexity index is 2310. The van der Waals surface area contributed by atoms with Gasteiger partial charge < -0.3 is 0 Å². The molecule has 0 bridgehead atoms. The minimum absolute atomic E-state index is 0.192. The van der Waals surface area contributed by atoms with Gasteiger partial charge in [-0.25, -0.2) is 4.85 Å². The molecule has 9 rings (SSSR count). The average Bonchev–Trinajstić information content (AvgIpc) is 3.50. The maximum absolute atomic E-state index is 10.1. The molecule has 1 heterocycles. The van der Waals surface area contributed by atoms with Crippen LogP contribution in [0.15, 0.2) is 84.9 Å². The lowest BCUT2D eigenvalue weighted by atomic mass is 9.81. The Morgan fingerprint density at radius 2 is 1.07 bits per heavy atom. The van der Waals surface area contributed by atoms with Crippen LogP contribution in [0.2, 0.25) is 13.1 Å². The maximum Gasteiger partial charge on any atom is 0.195 e. The van der Waals surface area contributed by atoms with Crippen molar-refractivity contribution in [2.24, 2.45) is 0 Å². The molecule has 6 aromatic carbocycles. The SMILES string of the molecule is [C-]#[N+]c1cc2c(c3ccccc13)-c1cc3c(cc1C2(C)C)[Si](C)(C)c1cc2c(cc1-3)-c1c(cc(C#N)c3ccccc13)C2(C)C. The molecular weight excluding hydrogens is 561 g/mol. The third kappa shape index (κ3) is 3.03. The Morgan fingerprint density at radius 3 is 1.58 bits per heavy atom. The van der Waals surface area contributed by atoms with E-state index in [2.05, 4.69) is 124 Å². The molecule has 0 fully saturated rings. The van der Waals surface area contributed by atoms with Gasteiger partial charge in [-0.05, 0) is 100 Å². The van der Waals surface area contributed by atoms with Crippen LogP contribution in [0.25, 0.3) is 59.8 Å². The van der Waals surface area contributed by atoms with Crippen LogP contribution < -0.4 is 10.4 Å². The molecule has 214 valence electrons. The number of hydrogen-bond donors (Lipinski definition) is 0. The molecule has 2 aliphatic carbocycles. The van der Waals surface area contributed by atoms with E-state index in [9.17, 15) is 5.26 Å². The number of nitrogens with zero attached hydrogens (tertiary/aromatic N) is 2. The summed E-state index contributed by atoms with van der Waals surface area (Å²) in [6.45, 7) is 22.3. The van der Waals surface area contributed by atoms with Crippen molar-refractivity contribution in [3.05, 3.63) is 124 Å². The third-order valence-corrected chi connectivity index (χ3v) is 15.0. The highest BCUT2D eigenvalue weighted by atomic mass is 28.3. The average molecular weight is 593 g/mol. The topological polar surface area (TPSA) is 28.1 Å². The van der Waals surface area contributed by atoms with Gasteiger partial charge in [-0.2, -0.15) is 5.26 Å². The lowest BCUT2D eigenvalue weighted by molar-refractivity contribution is 0.661. The molecule has 0 atom stereocenters. The smallest absolute Gasteiger partial charge is 0.195 e. The summed E-state index contributed by atoms with van der Waals surface area (Å²) in [5.41, 5.74) is 14.3. The first-order valence-electron chi connectivity index (χ1n) is 15.8. The Kier molecular flexibility index (Phi) is 4.81. The zero-order valence-electron chi connectivity index (χ0n) is 26.5. The summed E-state index contributed by atoms with van der Waals surface area (Å²) >= 11 is 0. The van der Waals surface area contributed by atoms with Crippen molar-refractivity contribution < 1.29 is 0 Å². The molecular formula is C42H32N2Si. The van der Waals surface area contributed by atoms with Crippen molar-refractivity contribution in [2.75, 3.05) is 0 Å². The standard InChI is InChI=1S/C42H32N2Si/c1-41(2)32-20-37-28(17-30(32)39-26-14-10-8-12-24(26)23(22-43)16-34(39)41)29-18-31-33(21-38(29)45(37,6)7)42(3,4)35-19-36(44-5)25-13-9-11-15-27(25)40(31)35/h8-21H,1-4,6-7H3. The van der Waals surface area contributed by atoms with Crippen molar-refractivity contribution in [1.82, 2.24) is 0 Å². The fourth-order valence-corrected chi connectivity index (χ4v) is 12.1. The molecule has 0 unspecified atom stereocenters. The van der Waals surface area contributed by atoms with Crippen LogP contribution in [0.1, 0.15) is 55.5 Å². The highest BCUT2D eigenvalue weighted by molar-refractivity contribution is 7.03. The van der Waals surface area contributed by atoms with Crippen molar-refractivity contribution in [2.45, 2.75) is 51.6 Å². The lowest BCUT2D eigenvalue weighted by Crippen LogP contribution is -2.49. The highest BCUT2D eigenvalue weighted by Crippen LogP contribution is 2.56. The molecule has 0 aromatic heterocycles. The van der Waals surface area contributed by atoms with Gasteiger partial charge in [-0.1, -0.05) is 108 Å². The number of hydrogen-bond acceptors (Lipinski definition) is 1. The van der Waals surface area contributed by atoms with Crippen molar-refractivity contribution in [1.29, 1.82) is 5.26 Å². The molecule has 0 amide bonds. The van der Waals surface area contributed by atoms with Crippen LogP contribution >= 0.6 is 0 Å². The maximum atomic E-state index is 10.1. The highest BCUT2D eigenvalue weighted by Gasteiger charge is 2.46. The van der Waals surface area contributed by atoms with Crippen molar-refractivity contribution in [3.8, 4) is 39.4 Å². The molecule has 6 aromatic rings. The van der Waals surface area contributed by atoms with Gasteiger partial charge in [-0.3, -0.25) is 0 Å². The summed E-state index contributed by atoms with van der Waals surface area (Å²) in [4.78, 5) is 3.95. The van der Waals surface area contributed by atoms with Crippen molar-refractivity contribution in [3.63, 3.8) is 0 Å². The third-order valence-electron chi connectivity index (χ3n) is 11.5. The summed E-state index contributed by atoms with van der Waals surface area (Å²) in [5, 5.41) is 17.5. The summed E-state index contributed by atoms with van der Waals surface area (Å²) in [6.07, 6.45) is 0. The zero-order chi connectivity index (χ0) is 31.2. The van der Waals surface area contributed by atoms with Gasteiger partial charge in [0.1, 0.15) is 8.07 Å². The summed E-state index contributed by atoms with van der Waals surface area (Å²) in [7, 11) is -2.04. The van der Waals surface area contributed by atoms with E-state index in [1.165, 1.54) is 76.8 Å². The van der Waals surface area contributed by atoms with Gasteiger partial charge in [0.25, 0.3) is 0 Å². The molecule has 1 aliphatic heterocycles. The fourth-order valence-electron chi connectivity index (χ4n) is 9.05. The van der Waals surface area contributed by atoms with Gasteiger partial charge in [0.05, 0.1) is 18.2 Å². The molecule has 0 saturated heterocycles. The number of nitriles is 1. The number of rotatable bonds is 0. The summed E-state index contributed by atoms with van der Waals surface area (Å²) in [6, 6.07) is 33.7. The second kappa shape index (κ2) is 8.19. The van der Waals surface area contributed by atoms with E-state index in [0.717, 1.165) is 22.0 Å². The van der Waals surface area contributed by atoms with E-state index in [1.54, 1.807) is 0 Å². The van der Waals surface area contributed by atoms with E-state index in [4.69, 9.17) is 6.57 Å². The predicted octanol–water partition coefficient (Wildman–Crippen LogP) is 9.83. The summed E-state index contributed by atoms with van der Waals surface area (Å²) in [5.74, 6) is 0. The number of benzene rings is 6. The molecule has 3 heteroatoms. The van der Waals surface area contributed by atoms with Crippen LogP contribution in [-0.2, 0) is 10.8 Å². The fraction of sp³-hybridized carbons (Fsp3) is 0.190. The molecule has 45 heavy (non-hydrogen) atoms. The Morgan fingerprint density at radius 1 is 0.600 bits per heavy atom. The van der Waals surface area contributed by atoms with Gasteiger partial charge in [0.15, 0.2) is 5.69 Å². The van der Waals surface area contributed by atoms with Crippen LogP contribution in [0.5, 0.6) is 0 Å². The Labute approximate surface area is 265 Å². The predicted molar refractivity (Wildman–Crippen MR) is 190 cm³/mol. The van der Waals surface area contributed by atoms with Crippen LogP contribution in [-0.4, -0.2) is 8.07 Å². The van der Waals surface area contributed by atoms with E-state index in [1.807, 2.05) is 12.1 Å². The summed E-state index contributed by atoms with van der Waals surface area (Å²) < 4.78 is 0. The monoisotopic (exact) mass is 592 g/mol. The van der Waals surface area contributed by atoms with Crippen LogP contribution in [0.3, 0.4) is 0 Å². The first-order chi connectivity index (χ1) is 21.5. The van der Waals surface area contributed by atoms with E-state index < -0.39 is 8.07 Å². The van der Waals surface area contributed by atoms with Crippen molar-refractivity contribution >= 4 is 45.7 Å². The van der Waals surface area contributed by atoms with Gasteiger partial charge in [0, 0.05) is 16.2 Å². The van der Waals surface area contributed by atoms with Crippen LogP contribution in [0.4, 0.5) is 5.69 Å². The molecule has 0 N–H and O–H groups in total. The van der Waals surface area contributed by atoms with Crippen LogP contribution in [0, 0.1) is 17.9 Å². The van der Waals surface area contributed by atoms with E-state index in [-0.39, 0.29) is 10.8 Å². The van der Waals surface area contributed by atoms with E-state index in [0.29, 0.717) is 0 Å². The van der Waals surface area contributed by atoms with Gasteiger partial charge >= 0.3 is 0 Å². The quantitative estimate of drug-likeness (QED) is 0.127. The van der Waals surface area contributed by atoms with Gasteiger partial charge in [0.2, 0.25) is 0 Å². The molecule has 0 spiro atoms.